The standard InChI is InChI=1S/C5H7N3O2/c1-2-8-5(10)7-4(9)3-6-8/h3H,2H2,1H3,(H,7,9,10). The molecule has 0 aromatic carbocycles. The molecule has 1 rings (SSSR count). The molecule has 1 aromatic heterocycles. The molecule has 0 aliphatic carbocycles. The molecule has 0 fully saturated rings. The minimum absolute atomic E-state index is 0.463. The molecule has 0 atom stereocenters. The van der Waals surface area contributed by atoms with E-state index in [2.05, 4.69) is 10.1 Å². The number of H-pyrrole nitrogens is 1. The van der Waals surface area contributed by atoms with Gasteiger partial charge < -0.3 is 0 Å². The van der Waals surface area contributed by atoms with E-state index in [9.17, 15) is 9.59 Å². The third-order valence-electron chi connectivity index (χ3n) is 1.08. The van der Waals surface area contributed by atoms with E-state index < -0.39 is 11.2 Å². The summed E-state index contributed by atoms with van der Waals surface area (Å²) in [7, 11) is 0. The van der Waals surface area contributed by atoms with Gasteiger partial charge in [-0.05, 0) is 6.92 Å². The van der Waals surface area contributed by atoms with Gasteiger partial charge in [0.05, 0.1) is 0 Å². The Kier molecular flexibility index (Phi) is 1.66. The van der Waals surface area contributed by atoms with Crippen molar-refractivity contribution in [3.05, 3.63) is 27.0 Å². The summed E-state index contributed by atoms with van der Waals surface area (Å²) in [5.41, 5.74) is -0.926. The van der Waals surface area contributed by atoms with Crippen molar-refractivity contribution in [3.8, 4) is 0 Å². The maximum Gasteiger partial charge on any atom is 0.344 e. The van der Waals surface area contributed by atoms with Gasteiger partial charge in [0.2, 0.25) is 0 Å². The number of nitrogens with one attached hydrogen (secondary N) is 1. The zero-order valence-electron chi connectivity index (χ0n) is 5.50. The molecule has 0 spiro atoms. The fourth-order valence-corrected chi connectivity index (χ4v) is 0.602. The van der Waals surface area contributed by atoms with Crippen LogP contribution in [0.2, 0.25) is 0 Å². The molecule has 0 radical (unpaired) electrons. The summed E-state index contributed by atoms with van der Waals surface area (Å²) in [6.45, 7) is 2.24. The van der Waals surface area contributed by atoms with Crippen LogP contribution < -0.4 is 11.2 Å². The number of aryl methyl sites for hydroxylation is 1. The molecule has 0 aliphatic rings. The van der Waals surface area contributed by atoms with Gasteiger partial charge in [-0.15, -0.1) is 0 Å². The van der Waals surface area contributed by atoms with Crippen LogP contribution in [-0.2, 0) is 6.54 Å². The Bertz CT molecular complexity index is 324. The fraction of sp³-hybridized carbons (Fsp3) is 0.400. The van der Waals surface area contributed by atoms with Crippen molar-refractivity contribution in [3.63, 3.8) is 0 Å². The predicted octanol–water partition coefficient (Wildman–Crippen LogP) is -1.05. The molecule has 0 bridgehead atoms. The lowest BCUT2D eigenvalue weighted by molar-refractivity contribution is 0.587. The summed E-state index contributed by atoms with van der Waals surface area (Å²) in [6.07, 6.45) is 1.07. The number of hydrogen-bond donors (Lipinski definition) is 1. The lowest BCUT2D eigenvalue weighted by Gasteiger charge is -1.94. The average Bonchev–Trinajstić information content (AvgIpc) is 1.88. The Labute approximate surface area is 56.3 Å². The summed E-state index contributed by atoms with van der Waals surface area (Å²) in [6, 6.07) is 0. The van der Waals surface area contributed by atoms with E-state index in [0.29, 0.717) is 6.54 Å². The van der Waals surface area contributed by atoms with Gasteiger partial charge in [0, 0.05) is 6.54 Å². The minimum atomic E-state index is -0.463. The molecule has 0 aliphatic heterocycles. The summed E-state index contributed by atoms with van der Waals surface area (Å²) in [5.74, 6) is 0. The lowest BCUT2D eigenvalue weighted by Crippen LogP contribution is -2.30. The minimum Gasteiger partial charge on any atom is -0.271 e. The van der Waals surface area contributed by atoms with E-state index in [0.717, 1.165) is 6.20 Å². The molecular formula is C5H7N3O2. The summed E-state index contributed by atoms with van der Waals surface area (Å²) >= 11 is 0. The van der Waals surface area contributed by atoms with Crippen LogP contribution in [0.3, 0.4) is 0 Å². The Morgan fingerprint density at radius 3 is 2.90 bits per heavy atom. The van der Waals surface area contributed by atoms with Crippen LogP contribution in [0.15, 0.2) is 15.8 Å². The highest BCUT2D eigenvalue weighted by Crippen LogP contribution is 1.64. The maximum atomic E-state index is 10.7. The Hall–Kier alpha value is -1.39. The number of rotatable bonds is 1. The van der Waals surface area contributed by atoms with E-state index in [4.69, 9.17) is 0 Å². The second-order valence-corrected chi connectivity index (χ2v) is 1.75. The highest BCUT2D eigenvalue weighted by molar-refractivity contribution is 4.68. The van der Waals surface area contributed by atoms with Crippen molar-refractivity contribution < 1.29 is 0 Å². The van der Waals surface area contributed by atoms with Crippen molar-refractivity contribution in [2.75, 3.05) is 0 Å². The number of aromatic amines is 1. The predicted molar refractivity (Wildman–Crippen MR) is 34.8 cm³/mol. The van der Waals surface area contributed by atoms with Crippen LogP contribution in [0.4, 0.5) is 0 Å². The number of hydrogen-bond acceptors (Lipinski definition) is 3. The molecule has 0 amide bonds. The SMILES string of the molecule is CCn1ncc(=O)[nH]c1=O. The second kappa shape index (κ2) is 2.47. The third kappa shape index (κ3) is 1.12. The molecule has 1 aromatic rings. The van der Waals surface area contributed by atoms with Gasteiger partial charge >= 0.3 is 5.69 Å². The number of nitrogens with zero attached hydrogens (tertiary/aromatic N) is 2. The molecule has 5 nitrogen and oxygen atoms in total. The highest BCUT2D eigenvalue weighted by Gasteiger charge is 1.91. The monoisotopic (exact) mass is 141 g/mol. The zero-order chi connectivity index (χ0) is 7.56. The molecule has 10 heavy (non-hydrogen) atoms. The largest absolute Gasteiger partial charge is 0.344 e. The van der Waals surface area contributed by atoms with Crippen molar-refractivity contribution in [1.82, 2.24) is 14.8 Å². The fourth-order valence-electron chi connectivity index (χ4n) is 0.602. The van der Waals surface area contributed by atoms with E-state index >= 15 is 0 Å². The van der Waals surface area contributed by atoms with E-state index in [1.807, 2.05) is 0 Å². The average molecular weight is 141 g/mol. The zero-order valence-corrected chi connectivity index (χ0v) is 5.50. The molecule has 0 saturated carbocycles. The van der Waals surface area contributed by atoms with E-state index in [-0.39, 0.29) is 0 Å². The van der Waals surface area contributed by atoms with Crippen LogP contribution in [-0.4, -0.2) is 14.8 Å². The third-order valence-corrected chi connectivity index (χ3v) is 1.08. The van der Waals surface area contributed by atoms with Crippen molar-refractivity contribution in [2.45, 2.75) is 13.5 Å². The van der Waals surface area contributed by atoms with Crippen LogP contribution in [0.25, 0.3) is 0 Å². The Morgan fingerprint density at radius 1 is 1.70 bits per heavy atom. The molecule has 5 heteroatoms. The second-order valence-electron chi connectivity index (χ2n) is 1.75. The normalized spacial score (nSPS) is 9.70. The van der Waals surface area contributed by atoms with Crippen molar-refractivity contribution >= 4 is 0 Å². The van der Waals surface area contributed by atoms with Crippen LogP contribution in [0, 0.1) is 0 Å². The van der Waals surface area contributed by atoms with Gasteiger partial charge in [-0.2, -0.15) is 5.10 Å². The van der Waals surface area contributed by atoms with Gasteiger partial charge in [0.25, 0.3) is 5.56 Å². The first-order chi connectivity index (χ1) is 4.74. The quantitative estimate of drug-likeness (QED) is 0.542. The summed E-state index contributed by atoms with van der Waals surface area (Å²) < 4.78 is 1.17. The maximum absolute atomic E-state index is 10.7. The van der Waals surface area contributed by atoms with Crippen LogP contribution in [0.5, 0.6) is 0 Å². The first-order valence-electron chi connectivity index (χ1n) is 2.90. The topological polar surface area (TPSA) is 67.8 Å². The first kappa shape index (κ1) is 6.73. The van der Waals surface area contributed by atoms with E-state index in [1.165, 1.54) is 4.68 Å². The van der Waals surface area contributed by atoms with Gasteiger partial charge in [0.15, 0.2) is 0 Å². The van der Waals surface area contributed by atoms with E-state index in [1.54, 1.807) is 6.92 Å². The van der Waals surface area contributed by atoms with Gasteiger partial charge in [-0.1, -0.05) is 0 Å². The summed E-state index contributed by atoms with van der Waals surface area (Å²) in [4.78, 5) is 23.2. The van der Waals surface area contributed by atoms with Crippen molar-refractivity contribution in [1.29, 1.82) is 0 Å². The van der Waals surface area contributed by atoms with Crippen molar-refractivity contribution in [2.24, 2.45) is 0 Å². The van der Waals surface area contributed by atoms with Crippen LogP contribution in [0.1, 0.15) is 6.92 Å². The first-order valence-corrected chi connectivity index (χ1v) is 2.90. The Balaban J connectivity index is 3.34. The smallest absolute Gasteiger partial charge is 0.271 e. The molecule has 54 valence electrons. The number of aromatic nitrogens is 3. The Morgan fingerprint density at radius 2 is 2.40 bits per heavy atom. The molecule has 1 heterocycles. The summed E-state index contributed by atoms with van der Waals surface area (Å²) in [5, 5.41) is 3.56. The van der Waals surface area contributed by atoms with Gasteiger partial charge in [-0.3, -0.25) is 9.78 Å². The molecular weight excluding hydrogens is 134 g/mol. The van der Waals surface area contributed by atoms with Gasteiger partial charge in [0.1, 0.15) is 6.20 Å². The lowest BCUT2D eigenvalue weighted by atomic mass is 10.7. The van der Waals surface area contributed by atoms with Crippen LogP contribution >= 0.6 is 0 Å². The molecule has 0 unspecified atom stereocenters. The van der Waals surface area contributed by atoms with Gasteiger partial charge in [-0.25, -0.2) is 9.48 Å². The highest BCUT2D eigenvalue weighted by atomic mass is 16.2. The molecule has 1 N–H and O–H groups in total. The molecule has 0 saturated heterocycles.